The topological polar surface area (TPSA) is 93.2 Å². The van der Waals surface area contributed by atoms with E-state index >= 15 is 0 Å². The summed E-state index contributed by atoms with van der Waals surface area (Å²) < 4.78 is 8.75. The summed E-state index contributed by atoms with van der Waals surface area (Å²) in [6.45, 7) is 5.33. The van der Waals surface area contributed by atoms with Crippen LogP contribution >= 0.6 is 63.9 Å². The minimum Gasteiger partial charge on any atom is -0.485 e. The molecule has 3 rings (SSSR count). The maximum absolute atomic E-state index is 12.9. The van der Waals surface area contributed by atoms with Crippen LogP contribution in [0.3, 0.4) is 0 Å². The standard InChI is InChI=1S/C23H26BrCl2N5O3.2ClH/c1-13(2)31(19(32)10-27)11-20(33)29(4)17-8-7-16(25)15(21(17)26)12-34-18-6-5-9-30-22(24)14(3)28-23(18)30;;/h5-9,13H,10-12,27H2,1-4H3;2*1H. The number of imidazole rings is 1. The van der Waals surface area contributed by atoms with Gasteiger partial charge in [0, 0.05) is 29.9 Å². The van der Waals surface area contributed by atoms with Crippen molar-refractivity contribution in [3.8, 4) is 5.75 Å². The van der Waals surface area contributed by atoms with E-state index in [0.29, 0.717) is 27.7 Å². The number of nitrogens with two attached hydrogens (primary N) is 1. The van der Waals surface area contributed by atoms with Gasteiger partial charge in [-0.1, -0.05) is 23.2 Å². The van der Waals surface area contributed by atoms with Gasteiger partial charge in [-0.2, -0.15) is 0 Å². The Bertz CT molecular complexity index is 1240. The Morgan fingerprint density at radius 1 is 1.19 bits per heavy atom. The third kappa shape index (κ3) is 6.76. The molecule has 3 aromatic rings. The molecule has 0 radical (unpaired) electrons. The van der Waals surface area contributed by atoms with Gasteiger partial charge in [0.1, 0.15) is 17.8 Å². The van der Waals surface area contributed by atoms with Crippen molar-refractivity contribution in [2.75, 3.05) is 25.0 Å². The second kappa shape index (κ2) is 13.7. The number of amides is 2. The molecule has 1 aromatic carbocycles. The minimum atomic E-state index is -0.311. The van der Waals surface area contributed by atoms with Crippen molar-refractivity contribution >= 4 is 87.1 Å². The van der Waals surface area contributed by atoms with Crippen molar-refractivity contribution in [3.05, 3.63) is 56.4 Å². The smallest absolute Gasteiger partial charge is 0.246 e. The molecular formula is C23H28BrCl4N5O3. The Labute approximate surface area is 241 Å². The lowest BCUT2D eigenvalue weighted by molar-refractivity contribution is -0.135. The molecule has 0 saturated carbocycles. The van der Waals surface area contributed by atoms with Crippen molar-refractivity contribution in [1.82, 2.24) is 14.3 Å². The molecule has 0 spiro atoms. The summed E-state index contributed by atoms with van der Waals surface area (Å²) in [7, 11) is 1.60. The maximum Gasteiger partial charge on any atom is 0.246 e. The highest BCUT2D eigenvalue weighted by molar-refractivity contribution is 9.10. The molecule has 0 fully saturated rings. The average Bonchev–Trinajstić information content (AvgIpc) is 3.10. The molecule has 0 saturated heterocycles. The predicted octanol–water partition coefficient (Wildman–Crippen LogP) is 5.29. The molecule has 8 nitrogen and oxygen atoms in total. The molecule has 2 aromatic heterocycles. The number of rotatable bonds is 8. The lowest BCUT2D eigenvalue weighted by Crippen LogP contribution is -2.47. The first-order valence-electron chi connectivity index (χ1n) is 10.6. The van der Waals surface area contributed by atoms with Crippen LogP contribution in [0.5, 0.6) is 5.75 Å². The van der Waals surface area contributed by atoms with E-state index in [4.69, 9.17) is 33.7 Å². The van der Waals surface area contributed by atoms with E-state index < -0.39 is 0 Å². The Kier molecular flexibility index (Phi) is 12.3. The summed E-state index contributed by atoms with van der Waals surface area (Å²) in [4.78, 5) is 32.4. The Hall–Kier alpha value is -1.75. The fourth-order valence-electron chi connectivity index (χ4n) is 3.43. The van der Waals surface area contributed by atoms with Gasteiger partial charge in [0.25, 0.3) is 0 Å². The van der Waals surface area contributed by atoms with Crippen LogP contribution in [0.25, 0.3) is 5.65 Å². The van der Waals surface area contributed by atoms with Crippen molar-refractivity contribution < 1.29 is 14.3 Å². The second-order valence-electron chi connectivity index (χ2n) is 7.97. The van der Waals surface area contributed by atoms with Gasteiger partial charge < -0.3 is 20.3 Å². The Morgan fingerprint density at radius 3 is 2.47 bits per heavy atom. The first-order valence-corrected chi connectivity index (χ1v) is 12.1. The van der Waals surface area contributed by atoms with Gasteiger partial charge >= 0.3 is 0 Å². The number of benzene rings is 1. The zero-order chi connectivity index (χ0) is 25.2. The SMILES string of the molecule is Cc1nc2c(OCc3c(Cl)ccc(N(C)C(=O)CN(C(=O)CN)C(C)C)c3Cl)cccn2c1Br.Cl.Cl. The van der Waals surface area contributed by atoms with Crippen LogP contribution in [-0.4, -0.2) is 52.3 Å². The summed E-state index contributed by atoms with van der Waals surface area (Å²) in [5, 5.41) is 0.696. The van der Waals surface area contributed by atoms with Crippen LogP contribution in [0.1, 0.15) is 25.1 Å². The first kappa shape index (κ1) is 32.3. The normalized spacial score (nSPS) is 10.6. The third-order valence-corrected chi connectivity index (χ3v) is 7.14. The predicted molar refractivity (Wildman–Crippen MR) is 152 cm³/mol. The lowest BCUT2D eigenvalue weighted by atomic mass is 10.2. The van der Waals surface area contributed by atoms with E-state index in [1.54, 1.807) is 19.2 Å². The number of carbonyl (C=O) groups is 2. The number of hydrogen-bond acceptors (Lipinski definition) is 5. The number of aromatic nitrogens is 2. The number of anilines is 1. The maximum atomic E-state index is 12.9. The van der Waals surface area contributed by atoms with Crippen LogP contribution < -0.4 is 15.4 Å². The average molecular weight is 644 g/mol. The van der Waals surface area contributed by atoms with Crippen LogP contribution in [0.4, 0.5) is 5.69 Å². The van der Waals surface area contributed by atoms with Gasteiger partial charge in [0.05, 0.1) is 22.9 Å². The highest BCUT2D eigenvalue weighted by atomic mass is 79.9. The van der Waals surface area contributed by atoms with E-state index in [1.807, 2.05) is 43.5 Å². The molecule has 198 valence electrons. The molecule has 2 heterocycles. The van der Waals surface area contributed by atoms with E-state index in [0.717, 1.165) is 10.3 Å². The Balaban J connectivity index is 0.00000324. The number of aryl methyl sites for hydroxylation is 1. The molecular weight excluding hydrogens is 616 g/mol. The van der Waals surface area contributed by atoms with Gasteiger partial charge in [0.2, 0.25) is 11.8 Å². The van der Waals surface area contributed by atoms with E-state index in [1.165, 1.54) is 9.80 Å². The molecule has 0 bridgehead atoms. The van der Waals surface area contributed by atoms with Gasteiger partial charge in [-0.25, -0.2) is 4.98 Å². The number of likely N-dealkylation sites (N-methyl/N-ethyl adjacent to an activating group) is 1. The van der Waals surface area contributed by atoms with Crippen molar-refractivity contribution in [2.45, 2.75) is 33.4 Å². The number of carbonyl (C=O) groups excluding carboxylic acids is 2. The van der Waals surface area contributed by atoms with Crippen molar-refractivity contribution in [3.63, 3.8) is 0 Å². The van der Waals surface area contributed by atoms with Crippen LogP contribution in [0.2, 0.25) is 10.0 Å². The summed E-state index contributed by atoms with van der Waals surface area (Å²) in [5.74, 6) is -0.0525. The van der Waals surface area contributed by atoms with Crippen molar-refractivity contribution in [1.29, 1.82) is 0 Å². The molecule has 2 N–H and O–H groups in total. The monoisotopic (exact) mass is 641 g/mol. The Morgan fingerprint density at radius 2 is 1.86 bits per heavy atom. The van der Waals surface area contributed by atoms with Crippen LogP contribution in [-0.2, 0) is 16.2 Å². The minimum absolute atomic E-state index is 0. The van der Waals surface area contributed by atoms with E-state index in [2.05, 4.69) is 20.9 Å². The fourth-order valence-corrected chi connectivity index (χ4v) is 4.41. The van der Waals surface area contributed by atoms with E-state index in [-0.39, 0.29) is 67.4 Å². The summed E-state index contributed by atoms with van der Waals surface area (Å²) in [6, 6.07) is 6.81. The van der Waals surface area contributed by atoms with E-state index in [9.17, 15) is 9.59 Å². The highest BCUT2D eigenvalue weighted by Crippen LogP contribution is 2.35. The molecule has 36 heavy (non-hydrogen) atoms. The summed E-state index contributed by atoms with van der Waals surface area (Å²) in [6.07, 6.45) is 1.88. The number of nitrogens with zero attached hydrogens (tertiary/aromatic N) is 4. The number of ether oxygens (including phenoxy) is 1. The van der Waals surface area contributed by atoms with Crippen LogP contribution in [0, 0.1) is 6.92 Å². The highest BCUT2D eigenvalue weighted by Gasteiger charge is 2.24. The third-order valence-electron chi connectivity index (χ3n) is 5.41. The number of pyridine rings is 1. The summed E-state index contributed by atoms with van der Waals surface area (Å²) in [5.41, 5.74) is 7.96. The first-order chi connectivity index (χ1) is 16.1. The number of halogens is 5. The molecule has 2 amide bonds. The molecule has 0 aliphatic rings. The molecule has 0 unspecified atom stereocenters. The molecule has 13 heteroatoms. The molecule has 0 aliphatic heterocycles. The molecule has 0 atom stereocenters. The number of hydrogen-bond donors (Lipinski definition) is 1. The fraction of sp³-hybridized carbons (Fsp3) is 0.348. The molecule has 0 aliphatic carbocycles. The van der Waals surface area contributed by atoms with Gasteiger partial charge in [-0.15, -0.1) is 24.8 Å². The second-order valence-corrected chi connectivity index (χ2v) is 9.51. The zero-order valence-corrected chi connectivity index (χ0v) is 24.9. The summed E-state index contributed by atoms with van der Waals surface area (Å²) >= 11 is 16.6. The van der Waals surface area contributed by atoms with Crippen LogP contribution in [0.15, 0.2) is 35.1 Å². The van der Waals surface area contributed by atoms with Gasteiger partial charge in [0.15, 0.2) is 11.4 Å². The van der Waals surface area contributed by atoms with Gasteiger partial charge in [-0.05, 0) is 61.0 Å². The van der Waals surface area contributed by atoms with Crippen molar-refractivity contribution in [2.24, 2.45) is 5.73 Å². The lowest BCUT2D eigenvalue weighted by Gasteiger charge is -2.28. The largest absolute Gasteiger partial charge is 0.485 e. The van der Waals surface area contributed by atoms with Gasteiger partial charge in [-0.3, -0.25) is 14.0 Å². The quantitative estimate of drug-likeness (QED) is 0.360. The zero-order valence-electron chi connectivity index (χ0n) is 20.1. The number of fused-ring (bicyclic) bond motifs is 1.